The Morgan fingerprint density at radius 1 is 1.38 bits per heavy atom. The lowest BCUT2D eigenvalue weighted by Gasteiger charge is -2.35. The summed E-state index contributed by atoms with van der Waals surface area (Å²) in [6.45, 7) is 8.55. The van der Waals surface area contributed by atoms with Gasteiger partial charge < -0.3 is 10.1 Å². The second kappa shape index (κ2) is 8.47. The number of likely N-dealkylation sites (N-methyl/N-ethyl adjacent to an activating group) is 1. The molecule has 2 rings (SSSR count). The summed E-state index contributed by atoms with van der Waals surface area (Å²) in [7, 11) is 0. The molecule has 2 atom stereocenters. The summed E-state index contributed by atoms with van der Waals surface area (Å²) in [5, 5.41) is 3.41. The molecule has 0 spiro atoms. The molecule has 0 radical (unpaired) electrons. The van der Waals surface area contributed by atoms with Gasteiger partial charge in [0.05, 0.1) is 6.10 Å². The van der Waals surface area contributed by atoms with Crippen LogP contribution in [0.25, 0.3) is 0 Å². The zero-order valence-corrected chi connectivity index (χ0v) is 13.1. The molecular weight excluding hydrogens is 267 g/mol. The van der Waals surface area contributed by atoms with Gasteiger partial charge in [0.15, 0.2) is 0 Å². The van der Waals surface area contributed by atoms with Crippen LogP contribution in [0.3, 0.4) is 0 Å². The quantitative estimate of drug-likeness (QED) is 0.837. The fraction of sp³-hybridized carbons (Fsp3) is 0.647. The normalized spacial score (nSPS) is 21.4. The standard InChI is InChI=1S/C17H27FN2O/c1-3-19-17(15-9-5-6-10-16(15)18)13-20-11-7-8-14(12-20)21-4-2/h5-6,9-10,14,17,19H,3-4,7-8,11-13H2,1-2H3. The van der Waals surface area contributed by atoms with Gasteiger partial charge in [0.2, 0.25) is 0 Å². The maximum Gasteiger partial charge on any atom is 0.128 e. The van der Waals surface area contributed by atoms with E-state index in [4.69, 9.17) is 4.74 Å². The van der Waals surface area contributed by atoms with Gasteiger partial charge in [0.25, 0.3) is 0 Å². The summed E-state index contributed by atoms with van der Waals surface area (Å²) in [5.41, 5.74) is 0.762. The average Bonchev–Trinajstić information content (AvgIpc) is 2.48. The van der Waals surface area contributed by atoms with Gasteiger partial charge in [-0.05, 0) is 38.9 Å². The van der Waals surface area contributed by atoms with Crippen LogP contribution in [0, 0.1) is 5.82 Å². The summed E-state index contributed by atoms with van der Waals surface area (Å²) in [6, 6.07) is 7.11. The minimum absolute atomic E-state index is 0.0385. The van der Waals surface area contributed by atoms with E-state index in [0.29, 0.717) is 6.10 Å². The third-order valence-electron chi connectivity index (χ3n) is 4.04. The largest absolute Gasteiger partial charge is 0.377 e. The van der Waals surface area contributed by atoms with Crippen molar-refractivity contribution in [1.82, 2.24) is 10.2 Å². The summed E-state index contributed by atoms with van der Waals surface area (Å²) in [4.78, 5) is 2.39. The number of hydrogen-bond donors (Lipinski definition) is 1. The van der Waals surface area contributed by atoms with Crippen molar-refractivity contribution in [2.24, 2.45) is 0 Å². The highest BCUT2D eigenvalue weighted by Gasteiger charge is 2.24. The van der Waals surface area contributed by atoms with E-state index in [-0.39, 0.29) is 11.9 Å². The van der Waals surface area contributed by atoms with E-state index in [1.54, 1.807) is 12.1 Å². The molecule has 0 bridgehead atoms. The van der Waals surface area contributed by atoms with Gasteiger partial charge in [-0.25, -0.2) is 4.39 Å². The molecule has 1 aliphatic rings. The van der Waals surface area contributed by atoms with E-state index >= 15 is 0 Å². The zero-order valence-electron chi connectivity index (χ0n) is 13.1. The summed E-state index contributed by atoms with van der Waals surface area (Å²) in [6.07, 6.45) is 2.61. The molecular formula is C17H27FN2O. The van der Waals surface area contributed by atoms with Gasteiger partial charge in [0.1, 0.15) is 5.82 Å². The minimum Gasteiger partial charge on any atom is -0.377 e. The number of benzene rings is 1. The average molecular weight is 294 g/mol. The second-order valence-electron chi connectivity index (χ2n) is 5.61. The van der Waals surface area contributed by atoms with Crippen molar-refractivity contribution in [2.75, 3.05) is 32.8 Å². The molecule has 4 heteroatoms. The van der Waals surface area contributed by atoms with Crippen molar-refractivity contribution < 1.29 is 9.13 Å². The fourth-order valence-electron chi connectivity index (χ4n) is 3.09. The first-order chi connectivity index (χ1) is 10.2. The lowest BCUT2D eigenvalue weighted by atomic mass is 10.0. The highest BCUT2D eigenvalue weighted by Crippen LogP contribution is 2.21. The Morgan fingerprint density at radius 3 is 2.90 bits per heavy atom. The molecule has 1 aromatic rings. The van der Waals surface area contributed by atoms with Crippen LogP contribution in [-0.4, -0.2) is 43.8 Å². The van der Waals surface area contributed by atoms with Crippen molar-refractivity contribution in [3.8, 4) is 0 Å². The lowest BCUT2D eigenvalue weighted by molar-refractivity contribution is 0.00344. The number of piperidine rings is 1. The van der Waals surface area contributed by atoms with E-state index in [1.807, 2.05) is 19.1 Å². The number of nitrogens with one attached hydrogen (secondary N) is 1. The molecule has 1 fully saturated rings. The van der Waals surface area contributed by atoms with Crippen LogP contribution in [-0.2, 0) is 4.74 Å². The van der Waals surface area contributed by atoms with Crippen molar-refractivity contribution in [3.63, 3.8) is 0 Å². The first-order valence-electron chi connectivity index (χ1n) is 8.06. The third-order valence-corrected chi connectivity index (χ3v) is 4.04. The lowest BCUT2D eigenvalue weighted by Crippen LogP contribution is -2.44. The van der Waals surface area contributed by atoms with Gasteiger partial charge >= 0.3 is 0 Å². The van der Waals surface area contributed by atoms with Crippen LogP contribution in [0.4, 0.5) is 4.39 Å². The van der Waals surface area contributed by atoms with Crippen LogP contribution < -0.4 is 5.32 Å². The van der Waals surface area contributed by atoms with Crippen molar-refractivity contribution in [1.29, 1.82) is 0 Å². The number of halogens is 1. The smallest absolute Gasteiger partial charge is 0.128 e. The van der Waals surface area contributed by atoms with Crippen LogP contribution in [0.15, 0.2) is 24.3 Å². The Hall–Kier alpha value is -0.970. The van der Waals surface area contributed by atoms with Crippen LogP contribution >= 0.6 is 0 Å². The maximum atomic E-state index is 14.0. The molecule has 0 amide bonds. The van der Waals surface area contributed by atoms with Crippen LogP contribution in [0.2, 0.25) is 0 Å². The number of likely N-dealkylation sites (tertiary alicyclic amines) is 1. The topological polar surface area (TPSA) is 24.5 Å². The monoisotopic (exact) mass is 294 g/mol. The molecule has 1 aromatic carbocycles. The Kier molecular flexibility index (Phi) is 6.61. The summed E-state index contributed by atoms with van der Waals surface area (Å²) >= 11 is 0. The molecule has 0 aromatic heterocycles. The molecule has 0 saturated carbocycles. The Labute approximate surface area is 127 Å². The van der Waals surface area contributed by atoms with E-state index < -0.39 is 0 Å². The molecule has 1 heterocycles. The first-order valence-corrected chi connectivity index (χ1v) is 8.06. The summed E-state index contributed by atoms with van der Waals surface area (Å²) < 4.78 is 19.8. The van der Waals surface area contributed by atoms with Crippen molar-refractivity contribution >= 4 is 0 Å². The van der Waals surface area contributed by atoms with Gasteiger partial charge in [-0.3, -0.25) is 4.90 Å². The first kappa shape index (κ1) is 16.4. The van der Waals surface area contributed by atoms with E-state index in [2.05, 4.69) is 17.1 Å². The predicted molar refractivity (Wildman–Crippen MR) is 83.9 cm³/mol. The van der Waals surface area contributed by atoms with Crippen molar-refractivity contribution in [2.45, 2.75) is 38.8 Å². The highest BCUT2D eigenvalue weighted by atomic mass is 19.1. The van der Waals surface area contributed by atoms with Gasteiger partial charge in [-0.1, -0.05) is 25.1 Å². The molecule has 2 unspecified atom stereocenters. The third kappa shape index (κ3) is 4.77. The van der Waals surface area contributed by atoms with E-state index in [0.717, 1.165) is 51.2 Å². The number of ether oxygens (including phenoxy) is 1. The SMILES string of the molecule is CCNC(CN1CCCC(OCC)C1)c1ccccc1F. The molecule has 1 N–H and O–H groups in total. The highest BCUT2D eigenvalue weighted by molar-refractivity contribution is 5.21. The Bertz CT molecular complexity index is 425. The Morgan fingerprint density at radius 2 is 2.19 bits per heavy atom. The van der Waals surface area contributed by atoms with Gasteiger partial charge in [-0.15, -0.1) is 0 Å². The van der Waals surface area contributed by atoms with E-state index in [9.17, 15) is 4.39 Å². The minimum atomic E-state index is -0.123. The van der Waals surface area contributed by atoms with Crippen molar-refractivity contribution in [3.05, 3.63) is 35.6 Å². The maximum absolute atomic E-state index is 14.0. The predicted octanol–water partition coefficient (Wildman–Crippen LogP) is 2.98. The molecule has 21 heavy (non-hydrogen) atoms. The number of rotatable bonds is 7. The van der Waals surface area contributed by atoms with Gasteiger partial charge in [-0.2, -0.15) is 0 Å². The summed E-state index contributed by atoms with van der Waals surface area (Å²) in [5.74, 6) is -0.123. The molecule has 118 valence electrons. The number of hydrogen-bond acceptors (Lipinski definition) is 3. The molecule has 0 aliphatic carbocycles. The zero-order chi connectivity index (χ0) is 15.1. The molecule has 3 nitrogen and oxygen atoms in total. The second-order valence-corrected chi connectivity index (χ2v) is 5.61. The van der Waals surface area contributed by atoms with Gasteiger partial charge in [0, 0.05) is 31.3 Å². The fourth-order valence-corrected chi connectivity index (χ4v) is 3.09. The molecule has 1 aliphatic heterocycles. The Balaban J connectivity index is 2.01. The number of nitrogens with zero attached hydrogens (tertiary/aromatic N) is 1. The molecule has 1 saturated heterocycles. The van der Waals surface area contributed by atoms with Crippen LogP contribution in [0.1, 0.15) is 38.3 Å². The van der Waals surface area contributed by atoms with Crippen LogP contribution in [0.5, 0.6) is 0 Å². The van der Waals surface area contributed by atoms with E-state index in [1.165, 1.54) is 0 Å².